The van der Waals surface area contributed by atoms with Gasteiger partial charge in [-0.05, 0) is 24.8 Å². The summed E-state index contributed by atoms with van der Waals surface area (Å²) < 4.78 is 0. The lowest BCUT2D eigenvalue weighted by atomic mass is 9.86. The first-order valence-corrected chi connectivity index (χ1v) is 10.2. The van der Waals surface area contributed by atoms with Gasteiger partial charge in [0, 0.05) is 24.7 Å². The molecule has 5 heteroatoms. The molecule has 4 atom stereocenters. The fourth-order valence-electron chi connectivity index (χ4n) is 3.92. The predicted octanol–water partition coefficient (Wildman–Crippen LogP) is 3.55. The smallest absolute Gasteiger partial charge is 0.303 e. The maximum atomic E-state index is 12.8. The molecule has 158 valence electrons. The fraction of sp³-hybridized carbons (Fsp3) is 0.500. The number of carbonyl (C=O) groups is 2. The zero-order valence-corrected chi connectivity index (χ0v) is 17.2. The molecule has 1 aromatic carbocycles. The number of rotatable bonds is 10. The van der Waals surface area contributed by atoms with Crippen LogP contribution in [0.4, 0.5) is 0 Å². The minimum atomic E-state index is -0.832. The zero-order chi connectivity index (χ0) is 21.4. The lowest BCUT2D eigenvalue weighted by Crippen LogP contribution is -2.31. The Morgan fingerprint density at radius 3 is 2.55 bits per heavy atom. The third kappa shape index (κ3) is 6.38. The Labute approximate surface area is 172 Å². The van der Waals surface area contributed by atoms with E-state index >= 15 is 0 Å². The minimum Gasteiger partial charge on any atom is -0.481 e. The number of carboxylic acid groups (broad SMARTS) is 1. The quantitative estimate of drug-likeness (QED) is 0.412. The average Bonchev–Trinajstić information content (AvgIpc) is 2.83. The average molecular weight is 401 g/mol. The zero-order valence-electron chi connectivity index (χ0n) is 17.2. The number of allylic oxidation sites excluding steroid dienone is 2. The van der Waals surface area contributed by atoms with E-state index in [0.29, 0.717) is 25.7 Å². The molecule has 0 spiro atoms. The Morgan fingerprint density at radius 2 is 1.90 bits per heavy atom. The van der Waals surface area contributed by atoms with Gasteiger partial charge in [0.25, 0.3) is 0 Å². The van der Waals surface area contributed by atoms with Gasteiger partial charge in [0.05, 0.1) is 17.6 Å². The normalized spacial score (nSPS) is 25.1. The number of carboxylic acids is 1. The largest absolute Gasteiger partial charge is 0.481 e. The summed E-state index contributed by atoms with van der Waals surface area (Å²) in [5.41, 5.74) is 0.190. The Morgan fingerprint density at radius 1 is 1.21 bits per heavy atom. The van der Waals surface area contributed by atoms with Crippen molar-refractivity contribution >= 4 is 11.8 Å². The highest BCUT2D eigenvalue weighted by molar-refractivity contribution is 5.90. The van der Waals surface area contributed by atoms with Crippen molar-refractivity contribution < 1.29 is 24.9 Å². The second-order valence-corrected chi connectivity index (χ2v) is 8.35. The molecule has 29 heavy (non-hydrogen) atoms. The summed E-state index contributed by atoms with van der Waals surface area (Å²) >= 11 is 0. The molecule has 1 saturated carbocycles. The predicted molar refractivity (Wildman–Crippen MR) is 112 cm³/mol. The summed E-state index contributed by atoms with van der Waals surface area (Å²) in [6, 6.07) is 9.67. The number of Topliss-reactive ketones (excluding diaryl/α,β-unsaturated/α-hetero) is 1. The van der Waals surface area contributed by atoms with Gasteiger partial charge < -0.3 is 15.3 Å². The van der Waals surface area contributed by atoms with Crippen molar-refractivity contribution in [1.82, 2.24) is 0 Å². The lowest BCUT2D eigenvalue weighted by molar-refractivity contribution is -0.137. The van der Waals surface area contributed by atoms with Crippen molar-refractivity contribution in [2.75, 3.05) is 0 Å². The van der Waals surface area contributed by atoms with Crippen LogP contribution in [-0.2, 0) is 16.0 Å². The molecule has 1 fully saturated rings. The molecule has 0 aromatic heterocycles. The number of benzene rings is 1. The van der Waals surface area contributed by atoms with Crippen molar-refractivity contribution in [1.29, 1.82) is 0 Å². The van der Waals surface area contributed by atoms with Crippen LogP contribution in [0, 0.1) is 17.3 Å². The van der Waals surface area contributed by atoms with Crippen LogP contribution in [0.15, 0.2) is 54.6 Å². The molecule has 3 N–H and O–H groups in total. The minimum absolute atomic E-state index is 0.0207. The number of ketones is 1. The standard InChI is InChI=1S/C24H32O5/c1-24(2)22(28)19(12-8-3-4-9-13-21(26)27)20(23(24)29)15-14-18(25)16-17-10-6-5-7-11-17/h3,5-8,10-11,14-15,18-20,23,25,29H,4,9,12-13,16H2,1-2H3,(H,26,27)/b8-3-,15-14+/t18-,19-,20-,23+/m1/s1. The van der Waals surface area contributed by atoms with E-state index in [0.717, 1.165) is 5.56 Å². The number of unbranched alkanes of at least 4 members (excludes halogenated alkanes) is 1. The molecule has 0 radical (unpaired) electrons. The van der Waals surface area contributed by atoms with Crippen LogP contribution in [0.5, 0.6) is 0 Å². The Kier molecular flexibility index (Phi) is 8.35. The second-order valence-electron chi connectivity index (χ2n) is 8.35. The van der Waals surface area contributed by atoms with Crippen LogP contribution in [0.1, 0.15) is 45.1 Å². The van der Waals surface area contributed by atoms with Gasteiger partial charge in [-0.1, -0.05) is 68.5 Å². The summed E-state index contributed by atoms with van der Waals surface area (Å²) in [7, 11) is 0. The fourth-order valence-corrected chi connectivity index (χ4v) is 3.92. The van der Waals surface area contributed by atoms with Gasteiger partial charge in [-0.2, -0.15) is 0 Å². The first-order valence-electron chi connectivity index (χ1n) is 10.2. The maximum absolute atomic E-state index is 12.8. The molecule has 0 saturated heterocycles. The molecule has 2 rings (SSSR count). The Bertz CT molecular complexity index is 735. The van der Waals surface area contributed by atoms with E-state index in [9.17, 15) is 19.8 Å². The van der Waals surface area contributed by atoms with Crippen LogP contribution in [-0.4, -0.2) is 39.3 Å². The topological polar surface area (TPSA) is 94.8 Å². The van der Waals surface area contributed by atoms with Crippen LogP contribution in [0.3, 0.4) is 0 Å². The van der Waals surface area contributed by atoms with E-state index in [-0.39, 0.29) is 24.0 Å². The second kappa shape index (κ2) is 10.5. The number of aliphatic hydroxyl groups excluding tert-OH is 2. The first kappa shape index (κ1) is 23.0. The number of hydrogen-bond acceptors (Lipinski definition) is 4. The van der Waals surface area contributed by atoms with E-state index in [2.05, 4.69) is 0 Å². The lowest BCUT2D eigenvalue weighted by Gasteiger charge is -2.22. The third-order valence-electron chi connectivity index (χ3n) is 5.70. The summed E-state index contributed by atoms with van der Waals surface area (Å²) in [5, 5.41) is 29.7. The SMILES string of the molecule is CC1(C)C(=O)[C@H](C/C=C\CCCC(=O)O)[C@@H](/C=C/[C@@H](O)Cc2ccccc2)[C@@H]1O. The van der Waals surface area contributed by atoms with Crippen molar-refractivity contribution in [3.63, 3.8) is 0 Å². The van der Waals surface area contributed by atoms with Crippen LogP contribution >= 0.6 is 0 Å². The molecule has 0 unspecified atom stereocenters. The van der Waals surface area contributed by atoms with Gasteiger partial charge in [-0.3, -0.25) is 9.59 Å². The van der Waals surface area contributed by atoms with Gasteiger partial charge in [-0.25, -0.2) is 0 Å². The van der Waals surface area contributed by atoms with Crippen LogP contribution in [0.25, 0.3) is 0 Å². The number of hydrogen-bond donors (Lipinski definition) is 3. The Balaban J connectivity index is 2.00. The molecule has 0 bridgehead atoms. The molecule has 0 heterocycles. The molecule has 1 aromatic rings. The van der Waals surface area contributed by atoms with Crippen molar-refractivity contribution in [3.8, 4) is 0 Å². The van der Waals surface area contributed by atoms with Gasteiger partial charge in [-0.15, -0.1) is 0 Å². The highest BCUT2D eigenvalue weighted by Gasteiger charge is 2.52. The summed E-state index contributed by atoms with van der Waals surface area (Å²) in [5.74, 6) is -1.50. The molecule has 5 nitrogen and oxygen atoms in total. The monoisotopic (exact) mass is 400 g/mol. The Hall–Kier alpha value is -2.24. The van der Waals surface area contributed by atoms with Crippen molar-refractivity contribution in [2.24, 2.45) is 17.3 Å². The molecular weight excluding hydrogens is 368 g/mol. The highest BCUT2D eigenvalue weighted by Crippen LogP contribution is 2.44. The van der Waals surface area contributed by atoms with E-state index in [1.54, 1.807) is 26.0 Å². The molecule has 0 aliphatic heterocycles. The van der Waals surface area contributed by atoms with Gasteiger partial charge in [0.2, 0.25) is 0 Å². The van der Waals surface area contributed by atoms with Crippen LogP contribution in [0.2, 0.25) is 0 Å². The molecule has 0 amide bonds. The van der Waals surface area contributed by atoms with Gasteiger partial charge in [0.1, 0.15) is 5.78 Å². The van der Waals surface area contributed by atoms with Gasteiger partial charge >= 0.3 is 5.97 Å². The third-order valence-corrected chi connectivity index (χ3v) is 5.70. The number of aliphatic hydroxyl groups is 2. The molecular formula is C24H32O5. The first-order chi connectivity index (χ1) is 13.7. The maximum Gasteiger partial charge on any atom is 0.303 e. The molecule has 1 aliphatic carbocycles. The highest BCUT2D eigenvalue weighted by atomic mass is 16.4. The van der Waals surface area contributed by atoms with Crippen molar-refractivity contribution in [2.45, 2.75) is 58.2 Å². The van der Waals surface area contributed by atoms with Gasteiger partial charge in [0.15, 0.2) is 0 Å². The van der Waals surface area contributed by atoms with E-state index in [1.165, 1.54) is 0 Å². The summed E-state index contributed by atoms with van der Waals surface area (Å²) in [6.07, 6.45) is 8.09. The van der Waals surface area contributed by atoms with E-state index in [1.807, 2.05) is 42.5 Å². The summed E-state index contributed by atoms with van der Waals surface area (Å²) in [4.78, 5) is 23.4. The van der Waals surface area contributed by atoms with Crippen molar-refractivity contribution in [3.05, 3.63) is 60.2 Å². The van der Waals surface area contributed by atoms with E-state index in [4.69, 9.17) is 5.11 Å². The molecule has 1 aliphatic rings. The number of aliphatic carboxylic acids is 1. The summed E-state index contributed by atoms with van der Waals surface area (Å²) in [6.45, 7) is 3.52. The number of carbonyl (C=O) groups excluding carboxylic acids is 1. The van der Waals surface area contributed by atoms with Crippen LogP contribution < -0.4 is 0 Å². The van der Waals surface area contributed by atoms with E-state index < -0.39 is 23.6 Å².